The number of amides is 2. The number of nitrogens with one attached hydrogen (secondary N) is 1. The lowest BCUT2D eigenvalue weighted by Gasteiger charge is -2.34. The molecule has 1 fully saturated rings. The molecule has 1 aromatic rings. The molecule has 0 bridgehead atoms. The number of methoxy groups -OCH3 is 2. The standard InChI is InChI=1S/C17H24N2O4/c1-18-17(21)14-6-4-5-9-19(14)16(20)10-12-7-8-13(22-2)11-15(12)23-3/h7-8,11,14H,4-6,9-10H2,1-3H3,(H,18,21). The SMILES string of the molecule is CNC(=O)C1CCCCN1C(=O)Cc1ccc(OC)cc1OC. The quantitative estimate of drug-likeness (QED) is 0.890. The van der Waals surface area contributed by atoms with Gasteiger partial charge in [0.2, 0.25) is 11.8 Å². The van der Waals surface area contributed by atoms with Gasteiger partial charge in [-0.05, 0) is 25.3 Å². The van der Waals surface area contributed by atoms with E-state index in [9.17, 15) is 9.59 Å². The van der Waals surface area contributed by atoms with Crippen LogP contribution in [0.15, 0.2) is 18.2 Å². The fourth-order valence-corrected chi connectivity index (χ4v) is 2.93. The Kier molecular flexibility index (Phi) is 5.84. The van der Waals surface area contributed by atoms with Crippen LogP contribution in [0, 0.1) is 0 Å². The second-order valence-corrected chi connectivity index (χ2v) is 5.57. The zero-order valence-corrected chi connectivity index (χ0v) is 13.9. The Bertz CT molecular complexity index is 574. The van der Waals surface area contributed by atoms with E-state index in [2.05, 4.69) is 5.32 Å². The highest BCUT2D eigenvalue weighted by Gasteiger charge is 2.31. The first-order valence-electron chi connectivity index (χ1n) is 7.82. The van der Waals surface area contributed by atoms with Gasteiger partial charge in [0.1, 0.15) is 17.5 Å². The predicted molar refractivity (Wildman–Crippen MR) is 86.7 cm³/mol. The van der Waals surface area contributed by atoms with E-state index in [0.29, 0.717) is 24.5 Å². The summed E-state index contributed by atoms with van der Waals surface area (Å²) in [6.45, 7) is 0.620. The van der Waals surface area contributed by atoms with Gasteiger partial charge in [-0.2, -0.15) is 0 Å². The van der Waals surface area contributed by atoms with E-state index in [1.54, 1.807) is 38.3 Å². The summed E-state index contributed by atoms with van der Waals surface area (Å²) in [4.78, 5) is 26.4. The third-order valence-electron chi connectivity index (χ3n) is 4.21. The zero-order chi connectivity index (χ0) is 16.8. The summed E-state index contributed by atoms with van der Waals surface area (Å²) in [7, 11) is 4.75. The van der Waals surface area contributed by atoms with Gasteiger partial charge in [0.05, 0.1) is 20.6 Å². The van der Waals surface area contributed by atoms with Crippen molar-refractivity contribution >= 4 is 11.8 Å². The normalized spacial score (nSPS) is 17.5. The van der Waals surface area contributed by atoms with Crippen LogP contribution in [0.4, 0.5) is 0 Å². The molecule has 1 aromatic carbocycles. The second-order valence-electron chi connectivity index (χ2n) is 5.57. The van der Waals surface area contributed by atoms with Crippen molar-refractivity contribution in [1.82, 2.24) is 10.2 Å². The molecular weight excluding hydrogens is 296 g/mol. The summed E-state index contributed by atoms with van der Waals surface area (Å²) in [6, 6.07) is 5.02. The third-order valence-corrected chi connectivity index (χ3v) is 4.21. The fraction of sp³-hybridized carbons (Fsp3) is 0.529. The van der Waals surface area contributed by atoms with Gasteiger partial charge in [0, 0.05) is 25.2 Å². The van der Waals surface area contributed by atoms with Crippen LogP contribution in [-0.4, -0.2) is 50.6 Å². The van der Waals surface area contributed by atoms with Crippen molar-refractivity contribution in [3.8, 4) is 11.5 Å². The maximum absolute atomic E-state index is 12.7. The Morgan fingerprint density at radius 2 is 2.04 bits per heavy atom. The fourth-order valence-electron chi connectivity index (χ4n) is 2.93. The van der Waals surface area contributed by atoms with Crippen LogP contribution in [0.1, 0.15) is 24.8 Å². The molecule has 2 rings (SSSR count). The lowest BCUT2D eigenvalue weighted by atomic mass is 10.00. The number of ether oxygens (including phenoxy) is 2. The minimum Gasteiger partial charge on any atom is -0.497 e. The molecule has 1 heterocycles. The molecule has 126 valence electrons. The molecule has 1 aliphatic heterocycles. The average molecular weight is 320 g/mol. The Morgan fingerprint density at radius 1 is 1.26 bits per heavy atom. The van der Waals surface area contributed by atoms with Crippen LogP contribution in [0.25, 0.3) is 0 Å². The number of carbonyl (C=O) groups is 2. The maximum atomic E-state index is 12.7. The Labute approximate surface area is 136 Å². The number of rotatable bonds is 5. The van der Waals surface area contributed by atoms with Gasteiger partial charge < -0.3 is 19.7 Å². The van der Waals surface area contributed by atoms with Crippen molar-refractivity contribution in [3.63, 3.8) is 0 Å². The summed E-state index contributed by atoms with van der Waals surface area (Å²) in [6.07, 6.45) is 2.82. The van der Waals surface area contributed by atoms with Crippen LogP contribution in [0.5, 0.6) is 11.5 Å². The zero-order valence-electron chi connectivity index (χ0n) is 13.9. The molecule has 1 unspecified atom stereocenters. The third kappa shape index (κ3) is 3.94. The number of likely N-dealkylation sites (tertiary alicyclic amines) is 1. The summed E-state index contributed by atoms with van der Waals surface area (Å²) in [5, 5.41) is 2.65. The van der Waals surface area contributed by atoms with Crippen molar-refractivity contribution in [2.24, 2.45) is 0 Å². The Balaban J connectivity index is 2.15. The molecule has 1 saturated heterocycles. The molecule has 6 heteroatoms. The topological polar surface area (TPSA) is 67.9 Å². The van der Waals surface area contributed by atoms with E-state index >= 15 is 0 Å². The average Bonchev–Trinajstić information content (AvgIpc) is 2.61. The molecule has 23 heavy (non-hydrogen) atoms. The molecule has 0 aliphatic carbocycles. The first-order chi connectivity index (χ1) is 11.1. The van der Waals surface area contributed by atoms with Crippen molar-refractivity contribution in [1.29, 1.82) is 0 Å². The minimum absolute atomic E-state index is 0.0539. The summed E-state index contributed by atoms with van der Waals surface area (Å²) in [5.74, 6) is 1.15. The highest BCUT2D eigenvalue weighted by atomic mass is 16.5. The van der Waals surface area contributed by atoms with Gasteiger partial charge in [-0.15, -0.1) is 0 Å². The maximum Gasteiger partial charge on any atom is 0.242 e. The first kappa shape index (κ1) is 17.1. The van der Waals surface area contributed by atoms with Crippen molar-refractivity contribution in [2.45, 2.75) is 31.7 Å². The van der Waals surface area contributed by atoms with Crippen molar-refractivity contribution < 1.29 is 19.1 Å². The molecular formula is C17H24N2O4. The van der Waals surface area contributed by atoms with E-state index in [1.165, 1.54) is 0 Å². The minimum atomic E-state index is -0.370. The van der Waals surface area contributed by atoms with Crippen LogP contribution >= 0.6 is 0 Å². The molecule has 1 atom stereocenters. The summed E-state index contributed by atoms with van der Waals surface area (Å²) in [5.41, 5.74) is 0.791. The molecule has 1 N–H and O–H groups in total. The molecule has 0 aromatic heterocycles. The predicted octanol–water partition coefficient (Wildman–Crippen LogP) is 1.37. The Morgan fingerprint density at radius 3 is 2.70 bits per heavy atom. The van der Waals surface area contributed by atoms with Crippen LogP contribution < -0.4 is 14.8 Å². The van der Waals surface area contributed by atoms with Gasteiger partial charge in [0.25, 0.3) is 0 Å². The number of likely N-dealkylation sites (N-methyl/N-ethyl adjacent to an activating group) is 1. The van der Waals surface area contributed by atoms with E-state index < -0.39 is 0 Å². The largest absolute Gasteiger partial charge is 0.497 e. The highest BCUT2D eigenvalue weighted by Crippen LogP contribution is 2.26. The van der Waals surface area contributed by atoms with Crippen molar-refractivity contribution in [2.75, 3.05) is 27.8 Å². The van der Waals surface area contributed by atoms with E-state index in [0.717, 1.165) is 18.4 Å². The lowest BCUT2D eigenvalue weighted by Crippen LogP contribution is -2.51. The van der Waals surface area contributed by atoms with Crippen LogP contribution in [0.2, 0.25) is 0 Å². The number of carbonyl (C=O) groups excluding carboxylic acids is 2. The summed E-state index contributed by atoms with van der Waals surface area (Å²) < 4.78 is 10.5. The number of benzene rings is 1. The number of hydrogen-bond acceptors (Lipinski definition) is 4. The monoisotopic (exact) mass is 320 g/mol. The van der Waals surface area contributed by atoms with E-state index in [4.69, 9.17) is 9.47 Å². The lowest BCUT2D eigenvalue weighted by molar-refractivity contribution is -0.141. The van der Waals surface area contributed by atoms with Crippen molar-refractivity contribution in [3.05, 3.63) is 23.8 Å². The smallest absolute Gasteiger partial charge is 0.242 e. The van der Waals surface area contributed by atoms with Gasteiger partial charge in [-0.1, -0.05) is 6.07 Å². The molecule has 0 saturated carbocycles. The van der Waals surface area contributed by atoms with E-state index in [-0.39, 0.29) is 24.3 Å². The molecule has 2 amide bonds. The second kappa shape index (κ2) is 7.85. The molecule has 6 nitrogen and oxygen atoms in total. The highest BCUT2D eigenvalue weighted by molar-refractivity contribution is 5.88. The van der Waals surface area contributed by atoms with E-state index in [1.807, 2.05) is 6.07 Å². The van der Waals surface area contributed by atoms with Crippen LogP contribution in [-0.2, 0) is 16.0 Å². The van der Waals surface area contributed by atoms with Gasteiger partial charge in [-0.3, -0.25) is 9.59 Å². The molecule has 1 aliphatic rings. The van der Waals surface area contributed by atoms with Gasteiger partial charge in [-0.25, -0.2) is 0 Å². The number of hydrogen-bond donors (Lipinski definition) is 1. The number of nitrogens with zero attached hydrogens (tertiary/aromatic N) is 1. The first-order valence-corrected chi connectivity index (χ1v) is 7.82. The molecule has 0 spiro atoms. The number of piperidine rings is 1. The van der Waals surface area contributed by atoms with Gasteiger partial charge in [0.15, 0.2) is 0 Å². The molecule has 0 radical (unpaired) electrons. The Hall–Kier alpha value is -2.24. The summed E-state index contributed by atoms with van der Waals surface area (Å²) >= 11 is 0. The van der Waals surface area contributed by atoms with Crippen LogP contribution in [0.3, 0.4) is 0 Å². The van der Waals surface area contributed by atoms with Gasteiger partial charge >= 0.3 is 0 Å².